The van der Waals surface area contributed by atoms with Gasteiger partial charge >= 0.3 is 5.97 Å². The van der Waals surface area contributed by atoms with E-state index in [0.717, 1.165) is 32.1 Å². The quantitative estimate of drug-likeness (QED) is 0.779. The Labute approximate surface area is 116 Å². The fraction of sp³-hybridized carbons (Fsp3) is 0.750. The van der Waals surface area contributed by atoms with Crippen LogP contribution in [-0.2, 0) is 16.1 Å². The highest BCUT2D eigenvalue weighted by atomic mass is 16.4. The summed E-state index contributed by atoms with van der Waals surface area (Å²) in [6, 6.07) is 0. The summed E-state index contributed by atoms with van der Waals surface area (Å²) in [7, 11) is 0. The Morgan fingerprint density at radius 2 is 2.05 bits per heavy atom. The van der Waals surface area contributed by atoms with Crippen LogP contribution in [0.5, 0.6) is 0 Å². The molecule has 8 heteroatoms. The highest BCUT2D eigenvalue weighted by molar-refractivity contribution is 5.78. The van der Waals surface area contributed by atoms with Crippen LogP contribution in [0, 0.1) is 0 Å². The number of carbonyl (C=O) groups excluding carboxylic acids is 1. The maximum atomic E-state index is 12.0. The second-order valence-corrected chi connectivity index (χ2v) is 5.28. The number of hydrogen-bond donors (Lipinski definition) is 2. The van der Waals surface area contributed by atoms with Gasteiger partial charge in [0, 0.05) is 6.42 Å². The van der Waals surface area contributed by atoms with Crippen LogP contribution in [0.1, 0.15) is 44.9 Å². The largest absolute Gasteiger partial charge is 0.481 e. The first-order valence-electron chi connectivity index (χ1n) is 6.83. The van der Waals surface area contributed by atoms with E-state index in [4.69, 9.17) is 5.11 Å². The number of hydrogen-bond acceptors (Lipinski definition) is 5. The Balaban J connectivity index is 1.89. The normalized spacial score (nSPS) is 17.6. The predicted molar refractivity (Wildman–Crippen MR) is 68.6 cm³/mol. The first-order valence-corrected chi connectivity index (χ1v) is 6.83. The van der Waals surface area contributed by atoms with Crippen LogP contribution in [0.3, 0.4) is 0 Å². The summed E-state index contributed by atoms with van der Waals surface area (Å²) in [6.07, 6.45) is 6.16. The molecule has 0 radical (unpaired) electrons. The van der Waals surface area contributed by atoms with Crippen molar-refractivity contribution >= 4 is 11.9 Å². The molecule has 1 heterocycles. The molecule has 0 unspecified atom stereocenters. The summed E-state index contributed by atoms with van der Waals surface area (Å²) in [6.45, 7) is 0.391. The van der Waals surface area contributed by atoms with E-state index in [9.17, 15) is 9.59 Å². The summed E-state index contributed by atoms with van der Waals surface area (Å²) in [5.41, 5.74) is -0.582. The van der Waals surface area contributed by atoms with Crippen LogP contribution in [-0.4, -0.2) is 42.7 Å². The molecule has 20 heavy (non-hydrogen) atoms. The molecular weight excluding hydrogens is 262 g/mol. The number of tetrazole rings is 1. The Hall–Kier alpha value is -1.99. The Kier molecular flexibility index (Phi) is 4.65. The lowest BCUT2D eigenvalue weighted by atomic mass is 9.79. The molecule has 8 nitrogen and oxygen atoms in total. The predicted octanol–water partition coefficient (Wildman–Crippen LogP) is 0.357. The summed E-state index contributed by atoms with van der Waals surface area (Å²) in [5, 5.41) is 22.6. The molecule has 2 rings (SSSR count). The third-order valence-corrected chi connectivity index (χ3v) is 3.66. The lowest BCUT2D eigenvalue weighted by Crippen LogP contribution is -2.51. The molecule has 0 spiro atoms. The first-order chi connectivity index (χ1) is 9.60. The first kappa shape index (κ1) is 14.4. The second kappa shape index (κ2) is 6.44. The number of aromatic nitrogens is 4. The van der Waals surface area contributed by atoms with Crippen molar-refractivity contribution in [1.29, 1.82) is 0 Å². The van der Waals surface area contributed by atoms with Crippen molar-refractivity contribution in [1.82, 2.24) is 25.5 Å². The van der Waals surface area contributed by atoms with Crippen LogP contribution in [0.4, 0.5) is 0 Å². The van der Waals surface area contributed by atoms with Crippen molar-refractivity contribution < 1.29 is 14.7 Å². The van der Waals surface area contributed by atoms with Crippen LogP contribution in [0.25, 0.3) is 0 Å². The number of nitrogens with one attached hydrogen (secondary N) is 1. The van der Waals surface area contributed by atoms with Gasteiger partial charge in [-0.25, -0.2) is 4.68 Å². The van der Waals surface area contributed by atoms with Crippen molar-refractivity contribution in [3.63, 3.8) is 0 Å². The van der Waals surface area contributed by atoms with Crippen molar-refractivity contribution in [3.8, 4) is 0 Å². The van der Waals surface area contributed by atoms with Gasteiger partial charge in [0.2, 0.25) is 5.91 Å². The molecule has 0 saturated heterocycles. The molecular formula is C12H19N5O3. The van der Waals surface area contributed by atoms with Crippen LogP contribution >= 0.6 is 0 Å². The molecule has 1 aliphatic rings. The van der Waals surface area contributed by atoms with Gasteiger partial charge in [0.25, 0.3) is 0 Å². The fourth-order valence-corrected chi connectivity index (χ4v) is 2.72. The smallest absolute Gasteiger partial charge is 0.305 e. The molecule has 1 saturated carbocycles. The van der Waals surface area contributed by atoms with Crippen LogP contribution in [0.2, 0.25) is 0 Å². The Morgan fingerprint density at radius 1 is 1.30 bits per heavy atom. The summed E-state index contributed by atoms with van der Waals surface area (Å²) >= 11 is 0. The molecule has 1 aromatic heterocycles. The van der Waals surface area contributed by atoms with E-state index < -0.39 is 11.5 Å². The summed E-state index contributed by atoms with van der Waals surface area (Å²) in [4.78, 5) is 23.0. The number of rotatable bonds is 6. The van der Waals surface area contributed by atoms with E-state index >= 15 is 0 Å². The van der Waals surface area contributed by atoms with Crippen molar-refractivity contribution in [2.75, 3.05) is 0 Å². The molecule has 1 aliphatic carbocycles. The maximum Gasteiger partial charge on any atom is 0.305 e. The highest BCUT2D eigenvalue weighted by Crippen LogP contribution is 2.31. The van der Waals surface area contributed by atoms with Gasteiger partial charge in [-0.2, -0.15) is 0 Å². The third-order valence-electron chi connectivity index (χ3n) is 3.66. The monoisotopic (exact) mass is 281 g/mol. The second-order valence-electron chi connectivity index (χ2n) is 5.28. The number of aliphatic carboxylic acids is 1. The standard InChI is InChI=1S/C12H19N5O3/c18-10(4-7-17-9-13-15-16-17)14-12(8-11(19)20)5-2-1-3-6-12/h9H,1-8H2,(H,14,18)(H,19,20). The maximum absolute atomic E-state index is 12.0. The average Bonchev–Trinajstić information content (AvgIpc) is 2.89. The minimum Gasteiger partial charge on any atom is -0.481 e. The Morgan fingerprint density at radius 3 is 2.65 bits per heavy atom. The van der Waals surface area contributed by atoms with Gasteiger partial charge in [0.1, 0.15) is 6.33 Å². The summed E-state index contributed by atoms with van der Waals surface area (Å²) in [5.74, 6) is -1.02. The number of carboxylic acids is 1. The van der Waals surface area contributed by atoms with E-state index in [1.54, 1.807) is 0 Å². The van der Waals surface area contributed by atoms with Gasteiger partial charge in [0.05, 0.1) is 18.5 Å². The van der Waals surface area contributed by atoms with Crippen molar-refractivity contribution in [3.05, 3.63) is 6.33 Å². The Bertz CT molecular complexity index is 454. The molecule has 0 aliphatic heterocycles. The highest BCUT2D eigenvalue weighted by Gasteiger charge is 2.35. The van der Waals surface area contributed by atoms with Gasteiger partial charge < -0.3 is 10.4 Å². The van der Waals surface area contributed by atoms with E-state index in [2.05, 4.69) is 20.8 Å². The van der Waals surface area contributed by atoms with E-state index in [1.165, 1.54) is 11.0 Å². The molecule has 2 N–H and O–H groups in total. The molecule has 0 aromatic carbocycles. The topological polar surface area (TPSA) is 110 Å². The molecule has 1 aromatic rings. The zero-order chi connectivity index (χ0) is 14.4. The minimum absolute atomic E-state index is 0.0103. The van der Waals surface area contributed by atoms with Gasteiger partial charge in [-0.15, -0.1) is 5.10 Å². The third kappa shape index (κ3) is 4.01. The molecule has 0 bridgehead atoms. The van der Waals surface area contributed by atoms with Crippen LogP contribution in [0.15, 0.2) is 6.33 Å². The van der Waals surface area contributed by atoms with Gasteiger partial charge in [-0.1, -0.05) is 19.3 Å². The number of nitrogens with zero attached hydrogens (tertiary/aromatic N) is 4. The summed E-state index contributed by atoms with van der Waals surface area (Å²) < 4.78 is 1.48. The number of carbonyl (C=O) groups is 2. The van der Waals surface area contributed by atoms with E-state index in [-0.39, 0.29) is 18.7 Å². The van der Waals surface area contributed by atoms with Gasteiger partial charge in [0.15, 0.2) is 0 Å². The SMILES string of the molecule is O=C(O)CC1(NC(=O)CCn2cnnn2)CCCCC1. The molecule has 1 fully saturated rings. The molecule has 1 amide bonds. The van der Waals surface area contributed by atoms with Crippen molar-refractivity contribution in [2.24, 2.45) is 0 Å². The molecule has 0 atom stereocenters. The number of aryl methyl sites for hydroxylation is 1. The molecule has 110 valence electrons. The van der Waals surface area contributed by atoms with Gasteiger partial charge in [-0.3, -0.25) is 9.59 Å². The zero-order valence-electron chi connectivity index (χ0n) is 11.3. The number of amides is 1. The lowest BCUT2D eigenvalue weighted by molar-refractivity contribution is -0.139. The van der Waals surface area contributed by atoms with E-state index in [0.29, 0.717) is 6.54 Å². The lowest BCUT2D eigenvalue weighted by Gasteiger charge is -2.37. The zero-order valence-corrected chi connectivity index (χ0v) is 11.3. The number of carboxylic acid groups (broad SMARTS) is 1. The average molecular weight is 281 g/mol. The van der Waals surface area contributed by atoms with E-state index in [1.807, 2.05) is 0 Å². The fourth-order valence-electron chi connectivity index (χ4n) is 2.72. The minimum atomic E-state index is -0.868. The van der Waals surface area contributed by atoms with Crippen LogP contribution < -0.4 is 5.32 Å². The van der Waals surface area contributed by atoms with Crippen molar-refractivity contribution in [2.45, 2.75) is 57.0 Å². The van der Waals surface area contributed by atoms with Gasteiger partial charge in [-0.05, 0) is 23.3 Å².